The first-order valence-corrected chi connectivity index (χ1v) is 7.30. The van der Waals surface area contributed by atoms with Gasteiger partial charge in [0.2, 0.25) is 0 Å². The summed E-state index contributed by atoms with van der Waals surface area (Å²) >= 11 is 0. The van der Waals surface area contributed by atoms with E-state index in [9.17, 15) is 0 Å². The van der Waals surface area contributed by atoms with Crippen LogP contribution >= 0.6 is 0 Å². The van der Waals surface area contributed by atoms with E-state index >= 15 is 0 Å². The Bertz CT molecular complexity index is 333. The molecular formula is C17H32N2. The highest BCUT2D eigenvalue weighted by Gasteiger charge is 2.02. The van der Waals surface area contributed by atoms with Crippen molar-refractivity contribution in [1.82, 2.24) is 4.90 Å². The summed E-state index contributed by atoms with van der Waals surface area (Å²) in [6, 6.07) is 0. The Morgan fingerprint density at radius 3 is 2.11 bits per heavy atom. The smallest absolute Gasteiger partial charge is 0.0549 e. The number of allylic oxidation sites excluding steroid dienone is 5. The number of hydrogen-bond acceptors (Lipinski definition) is 2. The summed E-state index contributed by atoms with van der Waals surface area (Å²) in [6.07, 6.45) is 11.3. The lowest BCUT2D eigenvalue weighted by atomic mass is 10.2. The van der Waals surface area contributed by atoms with E-state index in [4.69, 9.17) is 5.73 Å². The van der Waals surface area contributed by atoms with Gasteiger partial charge in [0.25, 0.3) is 0 Å². The van der Waals surface area contributed by atoms with Crippen LogP contribution in [0.5, 0.6) is 0 Å². The molecule has 0 fully saturated rings. The molecule has 0 aromatic rings. The Kier molecular flexibility index (Phi) is 13.6. The predicted octanol–water partition coefficient (Wildman–Crippen LogP) is 4.97. The molecule has 0 spiro atoms. The van der Waals surface area contributed by atoms with Gasteiger partial charge in [-0.2, -0.15) is 0 Å². The van der Waals surface area contributed by atoms with Gasteiger partial charge in [-0.3, -0.25) is 0 Å². The van der Waals surface area contributed by atoms with Crippen LogP contribution < -0.4 is 5.73 Å². The quantitative estimate of drug-likeness (QED) is 0.686. The van der Waals surface area contributed by atoms with Crippen molar-refractivity contribution < 1.29 is 0 Å². The Labute approximate surface area is 120 Å². The van der Waals surface area contributed by atoms with E-state index in [0.717, 1.165) is 24.2 Å². The maximum absolute atomic E-state index is 6.10. The van der Waals surface area contributed by atoms with Gasteiger partial charge in [-0.05, 0) is 39.7 Å². The molecule has 0 amide bonds. The van der Waals surface area contributed by atoms with Crippen molar-refractivity contribution >= 4 is 0 Å². The first-order chi connectivity index (χ1) is 9.10. The molecule has 0 unspecified atom stereocenters. The van der Waals surface area contributed by atoms with Crippen molar-refractivity contribution in [2.75, 3.05) is 6.54 Å². The van der Waals surface area contributed by atoms with E-state index in [1.807, 2.05) is 52.1 Å². The highest BCUT2D eigenvalue weighted by atomic mass is 15.1. The average molecular weight is 264 g/mol. The first-order valence-electron chi connectivity index (χ1n) is 7.30. The van der Waals surface area contributed by atoms with Gasteiger partial charge >= 0.3 is 0 Å². The second-order valence-corrected chi connectivity index (χ2v) is 3.87. The second-order valence-electron chi connectivity index (χ2n) is 3.87. The minimum atomic E-state index is 0.802. The lowest BCUT2D eigenvalue weighted by molar-refractivity contribution is 0.486. The fourth-order valence-corrected chi connectivity index (χ4v) is 1.64. The molecular weight excluding hydrogens is 232 g/mol. The van der Waals surface area contributed by atoms with Crippen molar-refractivity contribution in [3.05, 3.63) is 47.5 Å². The van der Waals surface area contributed by atoms with Crippen LogP contribution in [-0.2, 0) is 0 Å². The van der Waals surface area contributed by atoms with Crippen LogP contribution in [0.15, 0.2) is 47.5 Å². The van der Waals surface area contributed by atoms with E-state index in [1.165, 1.54) is 5.70 Å². The maximum Gasteiger partial charge on any atom is 0.0549 e. The van der Waals surface area contributed by atoms with Crippen LogP contribution in [0.4, 0.5) is 0 Å². The molecule has 110 valence electrons. The lowest BCUT2D eigenvalue weighted by Gasteiger charge is -2.20. The van der Waals surface area contributed by atoms with Crippen molar-refractivity contribution in [3.8, 4) is 0 Å². The molecule has 0 saturated heterocycles. The summed E-state index contributed by atoms with van der Waals surface area (Å²) in [6.45, 7) is 15.3. The molecule has 0 aromatic heterocycles. The normalized spacial score (nSPS) is 13.3. The standard InChI is InChI=1S/C15H26N2.C2H6/c1-6-10-13(5)17(9-4)12-15(16)14(8-3)11-7-2;1-2/h7-8,10-12H,6,9,16H2,1-5H3;1-2H3/b11-7-,13-10-,14-8+,15-12-;. The molecule has 0 heterocycles. The largest absolute Gasteiger partial charge is 0.397 e. The molecule has 0 radical (unpaired) electrons. The fourth-order valence-electron chi connectivity index (χ4n) is 1.64. The highest BCUT2D eigenvalue weighted by Crippen LogP contribution is 2.11. The minimum absolute atomic E-state index is 0.802. The van der Waals surface area contributed by atoms with Crippen molar-refractivity contribution in [2.45, 2.75) is 54.9 Å². The summed E-state index contributed by atoms with van der Waals surface area (Å²) in [4.78, 5) is 2.17. The summed E-state index contributed by atoms with van der Waals surface area (Å²) in [5, 5.41) is 0. The topological polar surface area (TPSA) is 29.3 Å². The second kappa shape index (κ2) is 13.0. The molecule has 0 atom stereocenters. The molecule has 0 aliphatic heterocycles. The summed E-state index contributed by atoms with van der Waals surface area (Å²) < 4.78 is 0. The third kappa shape index (κ3) is 8.30. The zero-order valence-corrected chi connectivity index (χ0v) is 13.8. The Morgan fingerprint density at radius 2 is 1.74 bits per heavy atom. The molecule has 0 aliphatic carbocycles. The van der Waals surface area contributed by atoms with E-state index < -0.39 is 0 Å². The van der Waals surface area contributed by atoms with Gasteiger partial charge < -0.3 is 10.6 Å². The minimum Gasteiger partial charge on any atom is -0.397 e. The third-order valence-corrected chi connectivity index (χ3v) is 2.58. The number of nitrogens with two attached hydrogens (primary N) is 1. The van der Waals surface area contributed by atoms with E-state index in [-0.39, 0.29) is 0 Å². The number of hydrogen-bond donors (Lipinski definition) is 1. The van der Waals surface area contributed by atoms with Crippen LogP contribution in [0.1, 0.15) is 54.9 Å². The number of rotatable bonds is 6. The SMILES string of the molecule is CC.C\C=C/C(=C\C)C(/N)=C/N(CC)/C(C)=C\CC. The Balaban J connectivity index is 0. The zero-order valence-electron chi connectivity index (χ0n) is 13.8. The third-order valence-electron chi connectivity index (χ3n) is 2.58. The molecule has 0 bridgehead atoms. The van der Waals surface area contributed by atoms with E-state index in [2.05, 4.69) is 31.7 Å². The molecule has 2 N–H and O–H groups in total. The van der Waals surface area contributed by atoms with Gasteiger partial charge in [0, 0.05) is 18.4 Å². The number of nitrogens with zero attached hydrogens (tertiary/aromatic N) is 1. The fraction of sp³-hybridized carbons (Fsp3) is 0.529. The lowest BCUT2D eigenvalue weighted by Crippen LogP contribution is -2.17. The van der Waals surface area contributed by atoms with Crippen LogP contribution in [0.2, 0.25) is 0 Å². The van der Waals surface area contributed by atoms with Crippen molar-refractivity contribution in [3.63, 3.8) is 0 Å². The summed E-state index contributed by atoms with van der Waals surface area (Å²) in [5.74, 6) is 0. The van der Waals surface area contributed by atoms with E-state index in [1.54, 1.807) is 0 Å². The van der Waals surface area contributed by atoms with Gasteiger partial charge in [0.15, 0.2) is 0 Å². The van der Waals surface area contributed by atoms with Crippen molar-refractivity contribution in [2.24, 2.45) is 5.73 Å². The van der Waals surface area contributed by atoms with Gasteiger partial charge in [-0.25, -0.2) is 0 Å². The van der Waals surface area contributed by atoms with Crippen LogP contribution in [0, 0.1) is 0 Å². The molecule has 2 nitrogen and oxygen atoms in total. The molecule has 2 heteroatoms. The van der Waals surface area contributed by atoms with Gasteiger partial charge in [0.05, 0.1) is 5.70 Å². The van der Waals surface area contributed by atoms with Gasteiger partial charge in [-0.1, -0.05) is 45.1 Å². The maximum atomic E-state index is 6.10. The monoisotopic (exact) mass is 264 g/mol. The molecule has 0 aliphatic rings. The molecule has 19 heavy (non-hydrogen) atoms. The molecule has 0 aromatic carbocycles. The summed E-state index contributed by atoms with van der Waals surface area (Å²) in [5.41, 5.74) is 9.21. The summed E-state index contributed by atoms with van der Waals surface area (Å²) in [7, 11) is 0. The predicted molar refractivity (Wildman–Crippen MR) is 88.6 cm³/mol. The van der Waals surface area contributed by atoms with E-state index in [0.29, 0.717) is 0 Å². The Hall–Kier alpha value is -1.44. The van der Waals surface area contributed by atoms with Crippen LogP contribution in [-0.4, -0.2) is 11.4 Å². The highest BCUT2D eigenvalue weighted by molar-refractivity contribution is 5.37. The zero-order chi connectivity index (χ0) is 15.3. The van der Waals surface area contributed by atoms with Crippen LogP contribution in [0.25, 0.3) is 0 Å². The average Bonchev–Trinajstić information content (AvgIpc) is 2.44. The van der Waals surface area contributed by atoms with Gasteiger partial charge in [0.1, 0.15) is 0 Å². The van der Waals surface area contributed by atoms with Crippen LogP contribution in [0.3, 0.4) is 0 Å². The molecule has 0 saturated carbocycles. The Morgan fingerprint density at radius 1 is 1.16 bits per heavy atom. The first kappa shape index (κ1) is 19.9. The van der Waals surface area contributed by atoms with Crippen molar-refractivity contribution in [1.29, 1.82) is 0 Å². The molecule has 0 rings (SSSR count). The van der Waals surface area contributed by atoms with Gasteiger partial charge in [-0.15, -0.1) is 0 Å².